The minimum Gasteiger partial charge on any atom is -0.286 e. The van der Waals surface area contributed by atoms with E-state index in [1.165, 1.54) is 6.92 Å². The van der Waals surface area contributed by atoms with Gasteiger partial charge in [-0.25, -0.2) is 0 Å². The fourth-order valence-corrected chi connectivity index (χ4v) is 0.215. The molecule has 0 spiro atoms. The Labute approximate surface area is 75.9 Å². The number of hydrogen-bond donors (Lipinski definition) is 1. The van der Waals surface area contributed by atoms with Gasteiger partial charge in [0.2, 0.25) is 0 Å². The van der Waals surface area contributed by atoms with Gasteiger partial charge in [0.1, 0.15) is 0 Å². The largest absolute Gasteiger partial charge is 0.286 e. The highest BCUT2D eigenvalue weighted by Crippen LogP contribution is 1.73. The Kier molecular flexibility index (Phi) is 18.9. The van der Waals surface area contributed by atoms with E-state index in [1.807, 2.05) is 6.07 Å². The predicted octanol–water partition coefficient (Wildman–Crippen LogP) is 2.36. The Morgan fingerprint density at radius 1 is 1.64 bits per heavy atom. The number of aromatic amines is 1. The molecule has 1 heterocycles. The highest BCUT2D eigenvalue weighted by molar-refractivity contribution is 6.40. The number of alkyl halides is 2. The summed E-state index contributed by atoms with van der Waals surface area (Å²) in [6, 6.07) is 3.58. The van der Waals surface area contributed by atoms with E-state index in [2.05, 4.69) is 10.2 Å². The molecule has 0 aromatic carbocycles. The summed E-state index contributed by atoms with van der Waals surface area (Å²) in [7, 11) is 0. The molecule has 62 valence electrons. The van der Waals surface area contributed by atoms with Crippen molar-refractivity contribution in [1.82, 2.24) is 10.2 Å². The van der Waals surface area contributed by atoms with Crippen LogP contribution in [0.4, 0.5) is 0 Å². The zero-order valence-electron chi connectivity index (χ0n) is 6.09. The van der Waals surface area contributed by atoms with Gasteiger partial charge in [0.05, 0.1) is 11.4 Å². The summed E-state index contributed by atoms with van der Waals surface area (Å²) in [5, 5.41) is 13.7. The van der Waals surface area contributed by atoms with Crippen molar-refractivity contribution in [3.63, 3.8) is 0 Å². The molecular weight excluding hydrogens is 185 g/mol. The lowest BCUT2D eigenvalue weighted by Gasteiger charge is -1.49. The van der Waals surface area contributed by atoms with E-state index in [0.29, 0.717) is 0 Å². The Hall–Kier alpha value is -0.720. The third-order valence-electron chi connectivity index (χ3n) is 0.406. The maximum absolute atomic E-state index is 7.32. The number of rotatable bonds is 0. The standard InChI is InChI=1S/C3H4N2.C2H3N.CH2Cl2/c1-2-4-5-3-1;1-2-3;2-1-3/h1-3H,(H,4,5);1H3;1H2. The molecule has 0 unspecified atom stereocenters. The zero-order valence-corrected chi connectivity index (χ0v) is 7.60. The Balaban J connectivity index is 0. The third kappa shape index (κ3) is 26.8. The van der Waals surface area contributed by atoms with Crippen LogP contribution in [-0.2, 0) is 0 Å². The summed E-state index contributed by atoms with van der Waals surface area (Å²) >= 11 is 9.53. The molecule has 1 aromatic heterocycles. The lowest BCUT2D eigenvalue weighted by atomic mass is 10.8. The van der Waals surface area contributed by atoms with Crippen molar-refractivity contribution < 1.29 is 0 Å². The minimum absolute atomic E-state index is 0.194. The van der Waals surface area contributed by atoms with Crippen LogP contribution >= 0.6 is 23.2 Å². The van der Waals surface area contributed by atoms with Crippen LogP contribution in [-0.4, -0.2) is 15.5 Å². The van der Waals surface area contributed by atoms with Gasteiger partial charge in [0.15, 0.2) is 0 Å². The molecule has 0 aliphatic heterocycles. The first-order valence-corrected chi connectivity index (χ1v) is 3.76. The van der Waals surface area contributed by atoms with E-state index >= 15 is 0 Å². The van der Waals surface area contributed by atoms with Crippen LogP contribution in [0.3, 0.4) is 0 Å². The Morgan fingerprint density at radius 2 is 2.09 bits per heavy atom. The van der Waals surface area contributed by atoms with Crippen molar-refractivity contribution in [2.24, 2.45) is 0 Å². The molecule has 3 nitrogen and oxygen atoms in total. The van der Waals surface area contributed by atoms with Crippen LogP contribution in [0.1, 0.15) is 6.92 Å². The van der Waals surface area contributed by atoms with Gasteiger partial charge >= 0.3 is 0 Å². The molecule has 0 aliphatic carbocycles. The number of nitrogens with zero attached hydrogens (tertiary/aromatic N) is 2. The summed E-state index contributed by atoms with van der Waals surface area (Å²) < 4.78 is 0. The Morgan fingerprint density at radius 3 is 2.18 bits per heavy atom. The SMILES string of the molecule is CC#N.ClCCl.c1cn[nH]c1. The van der Waals surface area contributed by atoms with Gasteiger partial charge in [-0.15, -0.1) is 23.2 Å². The molecule has 0 radical (unpaired) electrons. The summed E-state index contributed by atoms with van der Waals surface area (Å²) in [6.45, 7) is 1.43. The van der Waals surface area contributed by atoms with Crippen LogP contribution in [0, 0.1) is 11.3 Å². The van der Waals surface area contributed by atoms with Crippen molar-refractivity contribution in [3.05, 3.63) is 18.5 Å². The van der Waals surface area contributed by atoms with Crippen molar-refractivity contribution in [3.8, 4) is 6.07 Å². The van der Waals surface area contributed by atoms with Gasteiger partial charge in [-0.2, -0.15) is 10.4 Å². The second-order valence-electron chi connectivity index (χ2n) is 1.09. The van der Waals surface area contributed by atoms with E-state index in [0.717, 1.165) is 0 Å². The molecule has 0 aliphatic rings. The zero-order chi connectivity index (χ0) is 8.95. The van der Waals surface area contributed by atoms with E-state index < -0.39 is 0 Å². The quantitative estimate of drug-likeness (QED) is 0.644. The smallest absolute Gasteiger partial charge is 0.0967 e. The second kappa shape index (κ2) is 16.1. The number of aromatic nitrogens is 2. The first-order chi connectivity index (χ1) is 5.33. The fourth-order valence-electron chi connectivity index (χ4n) is 0.215. The van der Waals surface area contributed by atoms with Crippen LogP contribution in [0.2, 0.25) is 0 Å². The van der Waals surface area contributed by atoms with Gasteiger partial charge in [-0.3, -0.25) is 5.10 Å². The maximum atomic E-state index is 7.32. The van der Waals surface area contributed by atoms with Crippen molar-refractivity contribution in [2.75, 3.05) is 5.34 Å². The first-order valence-electron chi connectivity index (χ1n) is 2.70. The summed E-state index contributed by atoms with van der Waals surface area (Å²) in [6.07, 6.45) is 3.46. The van der Waals surface area contributed by atoms with E-state index in [-0.39, 0.29) is 5.34 Å². The van der Waals surface area contributed by atoms with E-state index in [1.54, 1.807) is 18.5 Å². The molecule has 1 N–H and O–H groups in total. The average molecular weight is 194 g/mol. The van der Waals surface area contributed by atoms with Gasteiger partial charge in [-0.1, -0.05) is 0 Å². The lowest BCUT2D eigenvalue weighted by molar-refractivity contribution is 1.09. The summed E-state index contributed by atoms with van der Waals surface area (Å²) in [5.74, 6) is 0. The summed E-state index contributed by atoms with van der Waals surface area (Å²) in [4.78, 5) is 0. The molecule has 1 rings (SSSR count). The molecule has 0 bridgehead atoms. The number of halogens is 2. The number of H-pyrrole nitrogens is 1. The molecule has 0 saturated carbocycles. The maximum Gasteiger partial charge on any atom is 0.0967 e. The van der Waals surface area contributed by atoms with Crippen molar-refractivity contribution in [2.45, 2.75) is 6.92 Å². The number of hydrogen-bond acceptors (Lipinski definition) is 2. The van der Waals surface area contributed by atoms with Gasteiger partial charge < -0.3 is 0 Å². The molecule has 0 fully saturated rings. The first kappa shape index (κ1) is 12.9. The molecule has 11 heavy (non-hydrogen) atoms. The van der Waals surface area contributed by atoms with Crippen LogP contribution in [0.5, 0.6) is 0 Å². The second-order valence-corrected chi connectivity index (χ2v) is 1.90. The number of nitrogens with one attached hydrogen (secondary N) is 1. The Bertz CT molecular complexity index is 140. The minimum atomic E-state index is 0.194. The van der Waals surface area contributed by atoms with Crippen LogP contribution in [0.25, 0.3) is 0 Å². The van der Waals surface area contributed by atoms with Crippen molar-refractivity contribution in [1.29, 1.82) is 5.26 Å². The monoisotopic (exact) mass is 193 g/mol. The van der Waals surface area contributed by atoms with Crippen LogP contribution < -0.4 is 0 Å². The third-order valence-corrected chi connectivity index (χ3v) is 0.406. The molecule has 0 atom stereocenters. The topological polar surface area (TPSA) is 52.5 Å². The fraction of sp³-hybridized carbons (Fsp3) is 0.333. The molecular formula is C6H9Cl2N3. The molecule has 1 aromatic rings. The summed E-state index contributed by atoms with van der Waals surface area (Å²) in [5.41, 5.74) is 0. The highest BCUT2D eigenvalue weighted by Gasteiger charge is 1.56. The van der Waals surface area contributed by atoms with Crippen molar-refractivity contribution >= 4 is 23.2 Å². The number of nitriles is 1. The van der Waals surface area contributed by atoms with E-state index in [4.69, 9.17) is 28.5 Å². The van der Waals surface area contributed by atoms with Gasteiger partial charge in [-0.05, 0) is 6.07 Å². The average Bonchev–Trinajstić information content (AvgIpc) is 2.44. The molecule has 5 heteroatoms. The van der Waals surface area contributed by atoms with Gasteiger partial charge in [0, 0.05) is 19.3 Å². The van der Waals surface area contributed by atoms with Gasteiger partial charge in [0.25, 0.3) is 0 Å². The predicted molar refractivity (Wildman–Crippen MR) is 46.4 cm³/mol. The highest BCUT2D eigenvalue weighted by atomic mass is 35.5. The van der Waals surface area contributed by atoms with Crippen LogP contribution in [0.15, 0.2) is 18.5 Å². The van der Waals surface area contributed by atoms with E-state index in [9.17, 15) is 0 Å². The normalized spacial score (nSPS) is 6.00. The molecule has 0 saturated heterocycles. The lowest BCUT2D eigenvalue weighted by Crippen LogP contribution is -1.53. The molecule has 0 amide bonds.